The molecule has 4 rings (SSSR count). The Bertz CT molecular complexity index is 1100. The lowest BCUT2D eigenvalue weighted by atomic mass is 10.1. The second-order valence-electron chi connectivity index (χ2n) is 8.21. The number of benzene rings is 2. The lowest BCUT2D eigenvalue weighted by Crippen LogP contribution is -2.43. The van der Waals surface area contributed by atoms with Gasteiger partial charge in [0.05, 0.1) is 29.6 Å². The van der Waals surface area contributed by atoms with Crippen molar-refractivity contribution in [3.8, 4) is 17.3 Å². The van der Waals surface area contributed by atoms with Gasteiger partial charge in [0.25, 0.3) is 0 Å². The zero-order valence-corrected chi connectivity index (χ0v) is 19.7. The molecular formula is C26H31FN4O3. The third kappa shape index (κ3) is 5.39. The van der Waals surface area contributed by atoms with E-state index in [2.05, 4.69) is 5.32 Å². The summed E-state index contributed by atoms with van der Waals surface area (Å²) in [6.45, 7) is 5.85. The van der Waals surface area contributed by atoms with E-state index in [0.717, 1.165) is 29.8 Å². The number of nitrogens with one attached hydrogen (secondary N) is 1. The van der Waals surface area contributed by atoms with Gasteiger partial charge in [-0.1, -0.05) is 37.3 Å². The molecule has 1 atom stereocenters. The number of halogens is 1. The van der Waals surface area contributed by atoms with E-state index in [4.69, 9.17) is 14.6 Å². The third-order valence-corrected chi connectivity index (χ3v) is 5.81. The predicted molar refractivity (Wildman–Crippen MR) is 128 cm³/mol. The van der Waals surface area contributed by atoms with Crippen LogP contribution in [0.1, 0.15) is 37.9 Å². The number of carbonyl (C=O) groups excluding carboxylic acids is 1. The van der Waals surface area contributed by atoms with Crippen LogP contribution in [0.3, 0.4) is 0 Å². The van der Waals surface area contributed by atoms with Crippen LogP contribution >= 0.6 is 0 Å². The van der Waals surface area contributed by atoms with Gasteiger partial charge in [-0.25, -0.2) is 13.9 Å². The van der Waals surface area contributed by atoms with Crippen LogP contribution < -0.4 is 10.1 Å². The molecule has 0 unspecified atom stereocenters. The van der Waals surface area contributed by atoms with Gasteiger partial charge in [0, 0.05) is 19.7 Å². The van der Waals surface area contributed by atoms with E-state index in [1.807, 2.05) is 44.2 Å². The summed E-state index contributed by atoms with van der Waals surface area (Å²) < 4.78 is 28.2. The van der Waals surface area contributed by atoms with Crippen LogP contribution in [0.25, 0.3) is 5.69 Å². The molecule has 0 bridgehead atoms. The van der Waals surface area contributed by atoms with E-state index < -0.39 is 5.82 Å². The Morgan fingerprint density at radius 1 is 1.21 bits per heavy atom. The van der Waals surface area contributed by atoms with Crippen molar-refractivity contribution in [2.24, 2.45) is 0 Å². The van der Waals surface area contributed by atoms with Crippen LogP contribution in [-0.4, -0.2) is 46.5 Å². The second-order valence-corrected chi connectivity index (χ2v) is 8.21. The van der Waals surface area contributed by atoms with Gasteiger partial charge in [0.15, 0.2) is 11.6 Å². The Morgan fingerprint density at radius 2 is 1.97 bits per heavy atom. The summed E-state index contributed by atoms with van der Waals surface area (Å²) in [5.74, 6) is 0.0363. The molecule has 0 saturated carbocycles. The van der Waals surface area contributed by atoms with Crippen molar-refractivity contribution in [2.75, 3.05) is 19.7 Å². The highest BCUT2D eigenvalue weighted by Crippen LogP contribution is 2.33. The number of hydrogen-bond donors (Lipinski definition) is 1. The lowest BCUT2D eigenvalue weighted by molar-refractivity contribution is 0.0793. The Kier molecular flexibility index (Phi) is 7.80. The van der Waals surface area contributed by atoms with Crippen molar-refractivity contribution < 1.29 is 18.7 Å². The molecule has 7 nitrogen and oxygen atoms in total. The molecule has 1 aromatic heterocycles. The van der Waals surface area contributed by atoms with Crippen molar-refractivity contribution >= 4 is 6.03 Å². The van der Waals surface area contributed by atoms with E-state index in [9.17, 15) is 9.18 Å². The van der Waals surface area contributed by atoms with Crippen LogP contribution in [-0.2, 0) is 17.7 Å². The minimum Gasteiger partial charge on any atom is -0.435 e. The Morgan fingerprint density at radius 3 is 2.65 bits per heavy atom. The molecule has 1 aliphatic rings. The fourth-order valence-corrected chi connectivity index (χ4v) is 4.11. The molecule has 0 spiro atoms. The molecule has 180 valence electrons. The fourth-order valence-electron chi connectivity index (χ4n) is 4.11. The van der Waals surface area contributed by atoms with Gasteiger partial charge >= 0.3 is 6.03 Å². The molecule has 8 heteroatoms. The van der Waals surface area contributed by atoms with Crippen molar-refractivity contribution in [2.45, 2.75) is 45.8 Å². The normalized spacial score (nSPS) is 15.3. The van der Waals surface area contributed by atoms with E-state index in [-0.39, 0.29) is 24.4 Å². The average molecular weight is 467 g/mol. The highest BCUT2D eigenvalue weighted by Gasteiger charge is 2.28. The minimum absolute atomic E-state index is 0.00668. The first-order chi connectivity index (χ1) is 16.6. The van der Waals surface area contributed by atoms with Gasteiger partial charge in [-0.3, -0.25) is 0 Å². The van der Waals surface area contributed by atoms with Gasteiger partial charge in [-0.15, -0.1) is 0 Å². The Labute approximate surface area is 199 Å². The first-order valence-corrected chi connectivity index (χ1v) is 11.8. The van der Waals surface area contributed by atoms with Gasteiger partial charge < -0.3 is 19.7 Å². The number of rotatable bonds is 9. The van der Waals surface area contributed by atoms with Gasteiger partial charge in [-0.2, -0.15) is 5.10 Å². The topological polar surface area (TPSA) is 68.6 Å². The van der Waals surface area contributed by atoms with Gasteiger partial charge in [-0.05, 0) is 50.5 Å². The SMILES string of the molecule is CCNC(=O)N(Cc1c(CC)nn(-c2ccccc2)c1Oc1ccccc1F)C[C@@H]1CCCO1. The predicted octanol–water partition coefficient (Wildman–Crippen LogP) is 5.08. The smallest absolute Gasteiger partial charge is 0.317 e. The average Bonchev–Trinajstić information content (AvgIpc) is 3.49. The van der Waals surface area contributed by atoms with Crippen molar-refractivity contribution in [1.82, 2.24) is 20.0 Å². The molecule has 1 aliphatic heterocycles. The van der Waals surface area contributed by atoms with E-state index in [0.29, 0.717) is 32.0 Å². The highest BCUT2D eigenvalue weighted by atomic mass is 19.1. The van der Waals surface area contributed by atoms with E-state index >= 15 is 0 Å². The van der Waals surface area contributed by atoms with Crippen molar-refractivity contribution in [3.05, 3.63) is 71.7 Å². The maximum atomic E-state index is 14.5. The lowest BCUT2D eigenvalue weighted by Gasteiger charge is -2.26. The number of para-hydroxylation sites is 2. The molecule has 2 aromatic carbocycles. The van der Waals surface area contributed by atoms with Crippen LogP contribution in [0.15, 0.2) is 54.6 Å². The summed E-state index contributed by atoms with van der Waals surface area (Å²) in [4.78, 5) is 14.7. The van der Waals surface area contributed by atoms with Crippen molar-refractivity contribution in [1.29, 1.82) is 0 Å². The first-order valence-electron chi connectivity index (χ1n) is 11.8. The number of carbonyl (C=O) groups is 1. The summed E-state index contributed by atoms with van der Waals surface area (Å²) in [6.07, 6.45) is 2.53. The molecule has 3 aromatic rings. The van der Waals surface area contributed by atoms with E-state index in [1.165, 1.54) is 6.07 Å². The monoisotopic (exact) mass is 466 g/mol. The Balaban J connectivity index is 1.76. The number of aryl methyl sites for hydroxylation is 1. The third-order valence-electron chi connectivity index (χ3n) is 5.81. The zero-order chi connectivity index (χ0) is 23.9. The van der Waals surface area contributed by atoms with Crippen LogP contribution in [0.5, 0.6) is 11.6 Å². The van der Waals surface area contributed by atoms with E-state index in [1.54, 1.807) is 27.8 Å². The van der Waals surface area contributed by atoms with Crippen LogP contribution in [0, 0.1) is 5.82 Å². The molecular weight excluding hydrogens is 435 g/mol. The quantitative estimate of drug-likeness (QED) is 0.478. The molecule has 1 N–H and O–H groups in total. The maximum Gasteiger partial charge on any atom is 0.317 e. The maximum absolute atomic E-state index is 14.5. The standard InChI is InChI=1S/C26H31FN4O3/c1-3-23-21(18-30(26(32)28-4-2)17-20-13-10-16-33-20)25(34-24-15-9-8-14-22(24)27)31(29-23)19-11-6-5-7-12-19/h5-9,11-12,14-15,20H,3-4,10,13,16-18H2,1-2H3,(H,28,32)/t20-/m0/s1. The number of ether oxygens (including phenoxy) is 2. The van der Waals surface area contributed by atoms with Gasteiger partial charge in [0.2, 0.25) is 5.88 Å². The second kappa shape index (κ2) is 11.2. The molecule has 0 aliphatic carbocycles. The molecule has 1 saturated heterocycles. The fraction of sp³-hybridized carbons (Fsp3) is 0.385. The summed E-state index contributed by atoms with van der Waals surface area (Å²) in [7, 11) is 0. The summed E-state index contributed by atoms with van der Waals surface area (Å²) >= 11 is 0. The number of nitrogens with zero attached hydrogens (tertiary/aromatic N) is 3. The summed E-state index contributed by atoms with van der Waals surface area (Å²) in [5.41, 5.74) is 2.33. The number of aromatic nitrogens is 2. The molecule has 2 amide bonds. The zero-order valence-electron chi connectivity index (χ0n) is 19.7. The minimum atomic E-state index is -0.466. The van der Waals surface area contributed by atoms with Gasteiger partial charge in [0.1, 0.15) is 0 Å². The summed E-state index contributed by atoms with van der Waals surface area (Å²) in [5, 5.41) is 7.69. The number of amides is 2. The van der Waals surface area contributed by atoms with Crippen molar-refractivity contribution in [3.63, 3.8) is 0 Å². The molecule has 1 fully saturated rings. The Hall–Kier alpha value is -3.39. The molecule has 0 radical (unpaired) electrons. The number of urea groups is 1. The van der Waals surface area contributed by atoms with Crippen LogP contribution in [0.2, 0.25) is 0 Å². The van der Waals surface area contributed by atoms with Crippen LogP contribution in [0.4, 0.5) is 9.18 Å². The summed E-state index contributed by atoms with van der Waals surface area (Å²) in [6, 6.07) is 15.7. The molecule has 34 heavy (non-hydrogen) atoms. The largest absolute Gasteiger partial charge is 0.435 e. The first kappa shape index (κ1) is 23.8. The number of hydrogen-bond acceptors (Lipinski definition) is 4. The molecule has 2 heterocycles. The highest BCUT2D eigenvalue weighted by molar-refractivity contribution is 5.74.